The van der Waals surface area contributed by atoms with E-state index in [1.165, 1.54) is 0 Å². The zero-order valence-corrected chi connectivity index (χ0v) is 21.6. The third-order valence-electron chi connectivity index (χ3n) is 4.79. The third-order valence-corrected chi connectivity index (χ3v) is 6.98. The van der Waals surface area contributed by atoms with E-state index >= 15 is 0 Å². The molecule has 2 atom stereocenters. The Morgan fingerprint density at radius 3 is 2.18 bits per heavy atom. The van der Waals surface area contributed by atoms with Crippen LogP contribution in [0.25, 0.3) is 0 Å². The number of benzene rings is 2. The van der Waals surface area contributed by atoms with Gasteiger partial charge in [0.05, 0.1) is 0 Å². The van der Waals surface area contributed by atoms with Gasteiger partial charge in [-0.25, -0.2) is 0 Å². The van der Waals surface area contributed by atoms with Gasteiger partial charge in [0.2, 0.25) is 0 Å². The van der Waals surface area contributed by atoms with E-state index < -0.39 is 17.8 Å². The van der Waals surface area contributed by atoms with Crippen LogP contribution in [0.3, 0.4) is 0 Å². The van der Waals surface area contributed by atoms with E-state index in [4.69, 9.17) is 14.5 Å². The van der Waals surface area contributed by atoms with Crippen molar-refractivity contribution in [3.8, 4) is 0 Å². The van der Waals surface area contributed by atoms with Crippen molar-refractivity contribution < 1.29 is 19.1 Å². The van der Waals surface area contributed by atoms with Crippen LogP contribution in [0.5, 0.6) is 0 Å². The van der Waals surface area contributed by atoms with E-state index in [0.29, 0.717) is 6.42 Å². The second kappa shape index (κ2) is 11.9. The molecule has 0 saturated heterocycles. The Morgan fingerprint density at radius 2 is 1.56 bits per heavy atom. The summed E-state index contributed by atoms with van der Waals surface area (Å²) in [4.78, 5) is 31.5. The van der Waals surface area contributed by atoms with Crippen LogP contribution in [0.2, 0.25) is 0 Å². The number of carbonyl (C=O) groups excluding carboxylic acids is 2. The molecule has 1 aromatic heterocycles. The molecule has 180 valence electrons. The number of rotatable bonds is 8. The molecule has 2 amide bonds. The number of nitrogens with one attached hydrogen (secondary N) is 2. The minimum absolute atomic E-state index is 0.0473. The summed E-state index contributed by atoms with van der Waals surface area (Å²) < 4.78 is 11.7. The number of amides is 2. The number of carbonyl (C=O) groups is 2. The molecule has 3 aromatic rings. The molecule has 0 aliphatic rings. The molecule has 0 saturated carbocycles. The summed E-state index contributed by atoms with van der Waals surface area (Å²) in [7, 11) is 0. The number of aromatic nitrogens is 1. The molecule has 0 fully saturated rings. The van der Waals surface area contributed by atoms with Crippen molar-refractivity contribution in [1.29, 1.82) is 0 Å². The van der Waals surface area contributed by atoms with Gasteiger partial charge in [0, 0.05) is 0 Å². The Bertz CT molecular complexity index is 1060. The van der Waals surface area contributed by atoms with Crippen LogP contribution in [0.4, 0.5) is 9.59 Å². The fourth-order valence-corrected chi connectivity index (χ4v) is 5.04. The summed E-state index contributed by atoms with van der Waals surface area (Å²) in [6.07, 6.45) is -0.398. The molecule has 0 radical (unpaired) electrons. The standard InChI is InChI=1S/C26H31N3O4Se/c1-18(27-25(31)33-26(2,3)4)23-28-22(17-34-23)21(15-19-11-7-5-8-12-19)29-24(30)32-16-20-13-9-6-10-14-20/h5-14,17-18,21H,15-16H2,1-4H3,(H,27,31)(H,29,30)/t18-,21-/m0/s1. The average molecular weight is 529 g/mol. The molecule has 8 heteroatoms. The summed E-state index contributed by atoms with van der Waals surface area (Å²) in [5.41, 5.74) is 2.20. The molecule has 7 nitrogen and oxygen atoms in total. The van der Waals surface area contributed by atoms with E-state index in [1.807, 2.05) is 93.3 Å². The van der Waals surface area contributed by atoms with Crippen LogP contribution in [-0.2, 0) is 22.5 Å². The predicted octanol–water partition coefficient (Wildman–Crippen LogP) is 4.93. The van der Waals surface area contributed by atoms with Crippen molar-refractivity contribution in [3.63, 3.8) is 0 Å². The molecule has 34 heavy (non-hydrogen) atoms. The van der Waals surface area contributed by atoms with Crippen molar-refractivity contribution in [2.45, 2.75) is 58.4 Å². The van der Waals surface area contributed by atoms with Gasteiger partial charge in [-0.15, -0.1) is 0 Å². The first-order valence-electron chi connectivity index (χ1n) is 11.2. The van der Waals surface area contributed by atoms with Crippen LogP contribution < -0.4 is 10.6 Å². The van der Waals surface area contributed by atoms with Crippen LogP contribution in [0, 0.1) is 0 Å². The molecule has 2 aromatic carbocycles. The van der Waals surface area contributed by atoms with E-state index in [-0.39, 0.29) is 33.2 Å². The van der Waals surface area contributed by atoms with Gasteiger partial charge in [-0.1, -0.05) is 0 Å². The topological polar surface area (TPSA) is 89.5 Å². The van der Waals surface area contributed by atoms with Gasteiger partial charge in [0.25, 0.3) is 0 Å². The second-order valence-corrected chi connectivity index (χ2v) is 10.8. The van der Waals surface area contributed by atoms with Crippen LogP contribution in [0.1, 0.15) is 61.2 Å². The molecule has 2 N–H and O–H groups in total. The van der Waals surface area contributed by atoms with Gasteiger partial charge in [-0.2, -0.15) is 0 Å². The van der Waals surface area contributed by atoms with Gasteiger partial charge in [-0.3, -0.25) is 0 Å². The van der Waals surface area contributed by atoms with Crippen molar-refractivity contribution in [2.75, 3.05) is 0 Å². The number of hydrogen-bond donors (Lipinski definition) is 2. The molecular formula is C26H31N3O4Se. The first kappa shape index (κ1) is 25.5. The molecule has 0 bridgehead atoms. The molecule has 0 spiro atoms. The van der Waals surface area contributed by atoms with Gasteiger partial charge in [-0.05, 0) is 0 Å². The predicted molar refractivity (Wildman–Crippen MR) is 132 cm³/mol. The molecule has 0 aliphatic heterocycles. The van der Waals surface area contributed by atoms with Gasteiger partial charge in [0.1, 0.15) is 0 Å². The maximum absolute atomic E-state index is 12.6. The minimum atomic E-state index is -0.569. The average Bonchev–Trinajstić information content (AvgIpc) is 3.28. The van der Waals surface area contributed by atoms with Crippen molar-refractivity contribution in [1.82, 2.24) is 15.6 Å². The zero-order valence-electron chi connectivity index (χ0n) is 19.9. The van der Waals surface area contributed by atoms with E-state index in [0.717, 1.165) is 21.4 Å². The molecule has 1 heterocycles. The van der Waals surface area contributed by atoms with Crippen molar-refractivity contribution in [2.24, 2.45) is 0 Å². The maximum atomic E-state index is 12.6. The SMILES string of the molecule is C[C@H](NC(=O)OC(C)(C)C)c1nc([C@H](Cc2ccccc2)NC(=O)OCc2ccccc2)c[se]1. The quantitative estimate of drug-likeness (QED) is 0.405. The Labute approximate surface area is 206 Å². The monoisotopic (exact) mass is 529 g/mol. The van der Waals surface area contributed by atoms with E-state index in [2.05, 4.69) is 10.6 Å². The first-order valence-corrected chi connectivity index (χ1v) is 13.0. The van der Waals surface area contributed by atoms with E-state index in [1.54, 1.807) is 0 Å². The normalized spacial score (nSPS) is 12.9. The van der Waals surface area contributed by atoms with Crippen LogP contribution >= 0.6 is 0 Å². The number of hydrogen-bond acceptors (Lipinski definition) is 5. The number of alkyl carbamates (subject to hydrolysis) is 2. The Balaban J connectivity index is 1.68. The Kier molecular flexibility index (Phi) is 8.91. The van der Waals surface area contributed by atoms with Crippen LogP contribution in [-0.4, -0.2) is 37.3 Å². The summed E-state index contributed by atoms with van der Waals surface area (Å²) in [5, 5.41) is 5.82. The summed E-state index contributed by atoms with van der Waals surface area (Å²) in [6, 6.07) is 18.8. The first-order chi connectivity index (χ1) is 16.2. The van der Waals surface area contributed by atoms with Gasteiger partial charge >= 0.3 is 207 Å². The Hall–Kier alpha value is -3.09. The summed E-state index contributed by atoms with van der Waals surface area (Å²) >= 11 is -0.0473. The fraction of sp³-hybridized carbons (Fsp3) is 0.346. The van der Waals surface area contributed by atoms with Crippen LogP contribution in [0.15, 0.2) is 65.6 Å². The Morgan fingerprint density at radius 1 is 0.941 bits per heavy atom. The molecule has 0 unspecified atom stereocenters. The molecule has 0 aliphatic carbocycles. The molecule has 3 rings (SSSR count). The number of ether oxygens (including phenoxy) is 2. The van der Waals surface area contributed by atoms with Gasteiger partial charge in [0.15, 0.2) is 0 Å². The summed E-state index contributed by atoms with van der Waals surface area (Å²) in [5.74, 6) is 0. The van der Waals surface area contributed by atoms with Crippen molar-refractivity contribution in [3.05, 3.63) is 87.0 Å². The van der Waals surface area contributed by atoms with E-state index in [9.17, 15) is 9.59 Å². The van der Waals surface area contributed by atoms with Gasteiger partial charge < -0.3 is 0 Å². The molecular weight excluding hydrogens is 497 g/mol. The van der Waals surface area contributed by atoms with Crippen molar-refractivity contribution >= 4 is 26.7 Å². The third kappa shape index (κ3) is 8.36. The second-order valence-electron chi connectivity index (χ2n) is 8.93. The zero-order chi connectivity index (χ0) is 24.6. The summed E-state index contributed by atoms with van der Waals surface area (Å²) in [6.45, 7) is 7.55. The fourth-order valence-electron chi connectivity index (χ4n) is 3.19. The number of nitrogens with zero attached hydrogens (tertiary/aromatic N) is 1.